The highest BCUT2D eigenvalue weighted by atomic mass is 19.1. The predicted octanol–water partition coefficient (Wildman–Crippen LogP) is 4.17. The number of ether oxygens (including phenoxy) is 3. The summed E-state index contributed by atoms with van der Waals surface area (Å²) in [4.78, 5) is 9.76. The summed E-state index contributed by atoms with van der Waals surface area (Å²) in [6.07, 6.45) is 3.44. The van der Waals surface area contributed by atoms with E-state index in [4.69, 9.17) is 25.4 Å². The second-order valence-corrected chi connectivity index (χ2v) is 8.49. The van der Waals surface area contributed by atoms with E-state index >= 15 is 8.78 Å². The number of rotatable bonds is 7. The maximum atomic E-state index is 15.7. The van der Waals surface area contributed by atoms with Crippen molar-refractivity contribution in [1.29, 1.82) is 5.41 Å². The number of phenols is 1. The van der Waals surface area contributed by atoms with E-state index in [2.05, 4.69) is 9.97 Å². The fourth-order valence-electron chi connectivity index (χ4n) is 4.01. The molecule has 38 heavy (non-hydrogen) atoms. The number of nitrogen functional groups attached to an aromatic ring is 1. The normalized spacial score (nSPS) is 13.4. The minimum absolute atomic E-state index is 0.216. The number of benzene rings is 2. The molecule has 2 aromatic heterocycles. The number of halogens is 2. The lowest BCUT2D eigenvalue weighted by molar-refractivity contribution is 0.122. The van der Waals surface area contributed by atoms with Gasteiger partial charge < -0.3 is 34.5 Å². The van der Waals surface area contributed by atoms with Gasteiger partial charge in [-0.15, -0.1) is 0 Å². The molecule has 5 rings (SSSR count). The summed E-state index contributed by atoms with van der Waals surface area (Å²) >= 11 is 0. The Balaban J connectivity index is 1.57. The average molecular weight is 523 g/mol. The third-order valence-electron chi connectivity index (χ3n) is 5.93. The Labute approximate surface area is 216 Å². The SMILES string of the molecule is Cn1ccnc1-c1cccc(Oc2nc(Oc3cc(C(=N)N)ccc3O)c(F)c(N3CCOCC3)c2F)c1. The summed E-state index contributed by atoms with van der Waals surface area (Å²) in [5, 5.41) is 17.9. The molecule has 0 atom stereocenters. The van der Waals surface area contributed by atoms with Gasteiger partial charge in [0, 0.05) is 43.7 Å². The van der Waals surface area contributed by atoms with Crippen molar-refractivity contribution < 1.29 is 28.1 Å². The van der Waals surface area contributed by atoms with Crippen molar-refractivity contribution in [3.05, 3.63) is 72.1 Å². The van der Waals surface area contributed by atoms with Crippen molar-refractivity contribution in [2.75, 3.05) is 31.2 Å². The van der Waals surface area contributed by atoms with E-state index in [0.717, 1.165) is 0 Å². The molecule has 1 fully saturated rings. The maximum absolute atomic E-state index is 15.7. The Morgan fingerprint density at radius 2 is 1.82 bits per heavy atom. The van der Waals surface area contributed by atoms with Gasteiger partial charge in [-0.05, 0) is 30.3 Å². The van der Waals surface area contributed by atoms with Crippen LogP contribution in [0.3, 0.4) is 0 Å². The van der Waals surface area contributed by atoms with Crippen molar-refractivity contribution in [1.82, 2.24) is 14.5 Å². The number of phenolic OH excluding ortho intramolecular Hbond substituents is 1. The lowest BCUT2D eigenvalue weighted by Crippen LogP contribution is -2.37. The van der Waals surface area contributed by atoms with Crippen molar-refractivity contribution >= 4 is 11.5 Å². The molecule has 0 radical (unpaired) electrons. The van der Waals surface area contributed by atoms with Gasteiger partial charge in [0.2, 0.25) is 11.6 Å². The number of aromatic hydroxyl groups is 1. The molecule has 10 nitrogen and oxygen atoms in total. The Morgan fingerprint density at radius 1 is 1.08 bits per heavy atom. The quantitative estimate of drug-likeness (QED) is 0.243. The van der Waals surface area contributed by atoms with Gasteiger partial charge in [0.05, 0.1) is 13.2 Å². The fourth-order valence-corrected chi connectivity index (χ4v) is 4.01. The Hall–Kier alpha value is -4.71. The van der Waals surface area contributed by atoms with Crippen LogP contribution in [0.1, 0.15) is 5.56 Å². The molecule has 3 heterocycles. The smallest absolute Gasteiger partial charge is 0.261 e. The first-order valence-corrected chi connectivity index (χ1v) is 11.6. The molecule has 0 amide bonds. The average Bonchev–Trinajstić information content (AvgIpc) is 3.34. The van der Waals surface area contributed by atoms with E-state index in [1.165, 1.54) is 23.1 Å². The highest BCUT2D eigenvalue weighted by Gasteiger charge is 2.29. The van der Waals surface area contributed by atoms with Crippen molar-refractivity contribution in [3.63, 3.8) is 0 Å². The van der Waals surface area contributed by atoms with Gasteiger partial charge in [-0.2, -0.15) is 13.8 Å². The number of imidazole rings is 1. The first kappa shape index (κ1) is 25.0. The molecule has 0 aliphatic carbocycles. The minimum Gasteiger partial charge on any atom is -0.504 e. The Kier molecular flexibility index (Phi) is 6.79. The van der Waals surface area contributed by atoms with Gasteiger partial charge in [0.15, 0.2) is 11.5 Å². The molecule has 0 unspecified atom stereocenters. The number of anilines is 1. The van der Waals surface area contributed by atoms with E-state index < -0.39 is 29.1 Å². The number of nitrogens with two attached hydrogens (primary N) is 1. The molecular weight excluding hydrogens is 498 g/mol. The van der Waals surface area contributed by atoms with Crippen LogP contribution in [0.25, 0.3) is 11.4 Å². The standard InChI is InChI=1S/C26H24F2N6O4/c1-33-8-7-31-24(33)16-3-2-4-17(13-16)37-25-20(27)22(34-9-11-36-12-10-34)21(28)26(32-25)38-19-14-15(23(29)30)5-6-18(19)35/h2-8,13-14,35H,9-12H2,1H3,(H3,29,30). The highest BCUT2D eigenvalue weighted by molar-refractivity contribution is 5.95. The molecule has 1 aliphatic heterocycles. The highest BCUT2D eigenvalue weighted by Crippen LogP contribution is 2.40. The molecule has 0 bridgehead atoms. The number of morpholine rings is 1. The molecule has 4 N–H and O–H groups in total. The zero-order valence-corrected chi connectivity index (χ0v) is 20.3. The molecule has 0 saturated carbocycles. The van der Waals surface area contributed by atoms with Gasteiger partial charge in [0.1, 0.15) is 23.1 Å². The van der Waals surface area contributed by atoms with E-state index in [0.29, 0.717) is 11.4 Å². The van der Waals surface area contributed by atoms with E-state index in [1.54, 1.807) is 30.6 Å². The number of nitrogens with zero attached hydrogens (tertiary/aromatic N) is 4. The zero-order valence-electron chi connectivity index (χ0n) is 20.3. The molecule has 1 aliphatic rings. The number of nitrogens with one attached hydrogen (secondary N) is 1. The summed E-state index contributed by atoms with van der Waals surface area (Å²) in [5.41, 5.74) is 6.08. The third-order valence-corrected chi connectivity index (χ3v) is 5.93. The number of hydrogen-bond acceptors (Lipinski definition) is 8. The Bertz CT molecular complexity index is 1500. The monoisotopic (exact) mass is 522 g/mol. The van der Waals surface area contributed by atoms with E-state index in [1.807, 2.05) is 17.7 Å². The van der Waals surface area contributed by atoms with Crippen LogP contribution < -0.4 is 20.1 Å². The van der Waals surface area contributed by atoms with Crippen LogP contribution >= 0.6 is 0 Å². The van der Waals surface area contributed by atoms with Crippen LogP contribution in [0.15, 0.2) is 54.9 Å². The van der Waals surface area contributed by atoms with Crippen LogP contribution in [0.2, 0.25) is 0 Å². The molecule has 4 aromatic rings. The third kappa shape index (κ3) is 4.93. The molecule has 196 valence electrons. The number of aromatic nitrogens is 3. The lowest BCUT2D eigenvalue weighted by Gasteiger charge is -2.30. The fraction of sp³-hybridized carbons (Fsp3) is 0.192. The molecule has 0 spiro atoms. The maximum Gasteiger partial charge on any atom is 0.261 e. The molecular formula is C26H24F2N6O4. The van der Waals surface area contributed by atoms with Gasteiger partial charge in [-0.25, -0.2) is 4.98 Å². The van der Waals surface area contributed by atoms with E-state index in [9.17, 15) is 5.11 Å². The predicted molar refractivity (Wildman–Crippen MR) is 135 cm³/mol. The summed E-state index contributed by atoms with van der Waals surface area (Å²) < 4.78 is 49.9. The topological polar surface area (TPSA) is 132 Å². The van der Waals surface area contributed by atoms with Crippen LogP contribution in [0.4, 0.5) is 14.5 Å². The summed E-state index contributed by atoms with van der Waals surface area (Å²) in [6, 6.07) is 10.7. The first-order valence-electron chi connectivity index (χ1n) is 11.6. The van der Waals surface area contributed by atoms with Crippen LogP contribution in [-0.2, 0) is 11.8 Å². The second-order valence-electron chi connectivity index (χ2n) is 8.49. The largest absolute Gasteiger partial charge is 0.504 e. The molecule has 12 heteroatoms. The first-order chi connectivity index (χ1) is 18.3. The number of aryl methyl sites for hydroxylation is 1. The van der Waals surface area contributed by atoms with Crippen molar-refractivity contribution in [3.8, 4) is 40.4 Å². The minimum atomic E-state index is -1.08. The van der Waals surface area contributed by atoms with Crippen molar-refractivity contribution in [2.24, 2.45) is 12.8 Å². The van der Waals surface area contributed by atoms with Crippen LogP contribution in [0, 0.1) is 17.0 Å². The van der Waals surface area contributed by atoms with E-state index in [-0.39, 0.29) is 55.0 Å². The zero-order chi connectivity index (χ0) is 26.8. The van der Waals surface area contributed by atoms with Gasteiger partial charge in [-0.3, -0.25) is 5.41 Å². The van der Waals surface area contributed by atoms with Gasteiger partial charge >= 0.3 is 0 Å². The summed E-state index contributed by atoms with van der Waals surface area (Å²) in [7, 11) is 1.84. The van der Waals surface area contributed by atoms with Gasteiger partial charge in [0.25, 0.3) is 11.8 Å². The molecule has 1 saturated heterocycles. The number of pyridine rings is 1. The molecule has 2 aromatic carbocycles. The number of hydrogen-bond donors (Lipinski definition) is 3. The van der Waals surface area contributed by atoms with Crippen LogP contribution in [-0.4, -0.2) is 51.8 Å². The summed E-state index contributed by atoms with van der Waals surface area (Å²) in [5.74, 6) is -3.18. The number of amidine groups is 1. The Morgan fingerprint density at radius 3 is 2.50 bits per heavy atom. The van der Waals surface area contributed by atoms with Crippen molar-refractivity contribution in [2.45, 2.75) is 0 Å². The lowest BCUT2D eigenvalue weighted by atomic mass is 10.2. The second kappa shape index (κ2) is 10.3. The van der Waals surface area contributed by atoms with Crippen LogP contribution in [0.5, 0.6) is 29.0 Å². The summed E-state index contributed by atoms with van der Waals surface area (Å²) in [6.45, 7) is 1.02. The van der Waals surface area contributed by atoms with Gasteiger partial charge in [-0.1, -0.05) is 12.1 Å².